The van der Waals surface area contributed by atoms with Crippen LogP contribution in [0.1, 0.15) is 29.3 Å². The van der Waals surface area contributed by atoms with Crippen LogP contribution in [0, 0.1) is 0 Å². The van der Waals surface area contributed by atoms with Gasteiger partial charge in [-0.1, -0.05) is 18.2 Å². The van der Waals surface area contributed by atoms with Crippen molar-refractivity contribution in [2.24, 2.45) is 5.10 Å². The van der Waals surface area contributed by atoms with Gasteiger partial charge >= 0.3 is 0 Å². The number of para-hydroxylation sites is 1. The van der Waals surface area contributed by atoms with E-state index in [-0.39, 0.29) is 12.0 Å². The third-order valence-corrected chi connectivity index (χ3v) is 4.61. The van der Waals surface area contributed by atoms with Crippen LogP contribution in [-0.4, -0.2) is 30.8 Å². The van der Waals surface area contributed by atoms with Crippen molar-refractivity contribution in [3.8, 4) is 5.75 Å². The number of carbonyl (C=O) groups excluding carboxylic acids is 1. The second-order valence-corrected chi connectivity index (χ2v) is 6.52. The molecule has 0 saturated carbocycles. The highest BCUT2D eigenvalue weighted by atomic mass is 16.5. The van der Waals surface area contributed by atoms with Gasteiger partial charge in [0.25, 0.3) is 5.91 Å². The molecule has 2 heterocycles. The van der Waals surface area contributed by atoms with Crippen LogP contribution in [0.2, 0.25) is 0 Å². The fraction of sp³-hybridized carbons (Fsp3) is 0.300. The lowest BCUT2D eigenvalue weighted by molar-refractivity contribution is 0.0933. The van der Waals surface area contributed by atoms with Gasteiger partial charge in [-0.15, -0.1) is 0 Å². The molecule has 0 bridgehead atoms. The maximum atomic E-state index is 12.4. The Labute approximate surface area is 147 Å². The molecule has 2 aromatic carbocycles. The molecule has 1 amide bonds. The first-order valence-corrected chi connectivity index (χ1v) is 8.63. The molecule has 2 aliphatic rings. The number of benzene rings is 2. The predicted molar refractivity (Wildman–Crippen MR) is 98.4 cm³/mol. The van der Waals surface area contributed by atoms with Gasteiger partial charge < -0.3 is 10.1 Å². The number of nitrogens with zero attached hydrogens (tertiary/aromatic N) is 2. The summed E-state index contributed by atoms with van der Waals surface area (Å²) in [4.78, 5) is 12.4. The lowest BCUT2D eigenvalue weighted by atomic mass is 10.1. The molecule has 0 unspecified atom stereocenters. The second-order valence-electron chi connectivity index (χ2n) is 6.52. The van der Waals surface area contributed by atoms with Crippen LogP contribution in [0.25, 0.3) is 0 Å². The fourth-order valence-corrected chi connectivity index (χ4v) is 3.22. The number of carbonyl (C=O) groups is 1. The first kappa shape index (κ1) is 15.7. The number of fused-ring (bicyclic) bond motifs is 1. The molecule has 0 radical (unpaired) electrons. The highest BCUT2D eigenvalue weighted by Crippen LogP contribution is 2.27. The molecule has 0 fully saturated rings. The van der Waals surface area contributed by atoms with Crippen molar-refractivity contribution in [3.05, 3.63) is 59.7 Å². The highest BCUT2D eigenvalue weighted by molar-refractivity contribution is 5.94. The highest BCUT2D eigenvalue weighted by Gasteiger charge is 2.22. The number of nitrogens with one attached hydrogen (secondary N) is 1. The number of hydrogen-bond acceptors (Lipinski definition) is 4. The summed E-state index contributed by atoms with van der Waals surface area (Å²) in [6.45, 7) is 3.44. The molecule has 5 heteroatoms. The number of ether oxygens (including phenoxy) is 1. The van der Waals surface area contributed by atoms with Crippen molar-refractivity contribution in [2.75, 3.05) is 18.1 Å². The summed E-state index contributed by atoms with van der Waals surface area (Å²) < 4.78 is 5.85. The number of anilines is 1. The van der Waals surface area contributed by atoms with Gasteiger partial charge in [-0.3, -0.25) is 9.80 Å². The van der Waals surface area contributed by atoms with Crippen LogP contribution >= 0.6 is 0 Å². The normalized spacial score (nSPS) is 18.5. The van der Waals surface area contributed by atoms with E-state index in [2.05, 4.69) is 16.5 Å². The quantitative estimate of drug-likeness (QED) is 0.934. The van der Waals surface area contributed by atoms with Crippen molar-refractivity contribution in [1.82, 2.24) is 5.32 Å². The average molecular weight is 335 g/mol. The lowest BCUT2D eigenvalue weighted by Crippen LogP contribution is -2.34. The maximum Gasteiger partial charge on any atom is 0.251 e. The van der Waals surface area contributed by atoms with Gasteiger partial charge in [0.2, 0.25) is 0 Å². The molecule has 4 rings (SSSR count). The van der Waals surface area contributed by atoms with Gasteiger partial charge in [0.05, 0.1) is 12.2 Å². The third kappa shape index (κ3) is 3.36. The van der Waals surface area contributed by atoms with Crippen LogP contribution < -0.4 is 15.1 Å². The minimum Gasteiger partial charge on any atom is -0.488 e. The Bertz CT molecular complexity index is 789. The lowest BCUT2D eigenvalue weighted by Gasteiger charge is -2.15. The Kier molecular flexibility index (Phi) is 4.14. The van der Waals surface area contributed by atoms with E-state index in [1.807, 2.05) is 54.4 Å². The molecule has 0 saturated heterocycles. The van der Waals surface area contributed by atoms with Gasteiger partial charge in [0, 0.05) is 30.7 Å². The summed E-state index contributed by atoms with van der Waals surface area (Å²) in [5, 5.41) is 9.41. The van der Waals surface area contributed by atoms with Gasteiger partial charge in [-0.25, -0.2) is 0 Å². The summed E-state index contributed by atoms with van der Waals surface area (Å²) in [7, 11) is 0. The minimum atomic E-state index is -0.0767. The molecule has 2 aliphatic heterocycles. The molecular weight excluding hydrogens is 314 g/mol. The number of hydrogen-bond donors (Lipinski definition) is 1. The molecule has 1 N–H and O–H groups in total. The molecule has 25 heavy (non-hydrogen) atoms. The van der Waals surface area contributed by atoms with Crippen LogP contribution in [0.3, 0.4) is 0 Å². The number of hydrazone groups is 1. The first-order valence-electron chi connectivity index (χ1n) is 8.63. The number of rotatable bonds is 4. The van der Waals surface area contributed by atoms with Crippen molar-refractivity contribution < 1.29 is 9.53 Å². The van der Waals surface area contributed by atoms with Crippen molar-refractivity contribution in [3.63, 3.8) is 0 Å². The van der Waals surface area contributed by atoms with E-state index in [1.54, 1.807) is 0 Å². The number of amides is 1. The zero-order chi connectivity index (χ0) is 17.2. The standard InChI is InChI=1S/C20H21N3O2/c1-14-10-11-23(22-14)17-8-6-15(7-9-17)20(24)21-13-18-12-16-4-2-3-5-19(16)25-18/h2-9,18H,10-13H2,1H3,(H,21,24)/t18-/m1/s1. The smallest absolute Gasteiger partial charge is 0.251 e. The van der Waals surface area contributed by atoms with E-state index in [0.717, 1.165) is 36.5 Å². The SMILES string of the molecule is CC1=NN(c2ccc(C(=O)NC[C@H]3Cc4ccccc4O3)cc2)CC1. The van der Waals surface area contributed by atoms with Crippen molar-refractivity contribution in [2.45, 2.75) is 25.9 Å². The molecule has 0 aromatic heterocycles. The largest absolute Gasteiger partial charge is 0.488 e. The Hall–Kier alpha value is -2.82. The Balaban J connectivity index is 1.33. The average Bonchev–Trinajstić information content (AvgIpc) is 3.25. The topological polar surface area (TPSA) is 53.9 Å². The zero-order valence-corrected chi connectivity index (χ0v) is 14.2. The summed E-state index contributed by atoms with van der Waals surface area (Å²) in [6, 6.07) is 15.6. The van der Waals surface area contributed by atoms with Gasteiger partial charge in [-0.05, 0) is 42.8 Å². The molecule has 5 nitrogen and oxygen atoms in total. The molecule has 2 aromatic rings. The van der Waals surface area contributed by atoms with E-state index < -0.39 is 0 Å². The Morgan fingerprint density at radius 3 is 2.76 bits per heavy atom. The van der Waals surface area contributed by atoms with E-state index in [1.165, 1.54) is 5.56 Å². The summed E-state index contributed by atoms with van der Waals surface area (Å²) in [5.74, 6) is 0.847. The van der Waals surface area contributed by atoms with Gasteiger partial charge in [0.15, 0.2) is 0 Å². The molecule has 0 aliphatic carbocycles. The Morgan fingerprint density at radius 2 is 2.04 bits per heavy atom. The molecule has 0 spiro atoms. The zero-order valence-electron chi connectivity index (χ0n) is 14.2. The molecular formula is C20H21N3O2. The third-order valence-electron chi connectivity index (χ3n) is 4.61. The van der Waals surface area contributed by atoms with Crippen LogP contribution in [0.15, 0.2) is 53.6 Å². The summed E-state index contributed by atoms with van der Waals surface area (Å²) in [5.41, 5.74) is 4.01. The van der Waals surface area contributed by atoms with Crippen LogP contribution in [0.5, 0.6) is 5.75 Å². The molecule has 128 valence electrons. The fourth-order valence-electron chi connectivity index (χ4n) is 3.22. The van der Waals surface area contributed by atoms with E-state index in [9.17, 15) is 4.79 Å². The van der Waals surface area contributed by atoms with E-state index in [4.69, 9.17) is 4.74 Å². The van der Waals surface area contributed by atoms with E-state index >= 15 is 0 Å². The van der Waals surface area contributed by atoms with Gasteiger partial charge in [-0.2, -0.15) is 5.10 Å². The monoisotopic (exact) mass is 335 g/mol. The Morgan fingerprint density at radius 1 is 1.24 bits per heavy atom. The summed E-state index contributed by atoms with van der Waals surface area (Å²) in [6.07, 6.45) is 1.83. The first-order chi connectivity index (χ1) is 12.2. The van der Waals surface area contributed by atoms with Crippen LogP contribution in [0.4, 0.5) is 5.69 Å². The van der Waals surface area contributed by atoms with Crippen molar-refractivity contribution >= 4 is 17.3 Å². The maximum absolute atomic E-state index is 12.4. The minimum absolute atomic E-state index is 0.00235. The van der Waals surface area contributed by atoms with Gasteiger partial charge in [0.1, 0.15) is 11.9 Å². The van der Waals surface area contributed by atoms with E-state index in [0.29, 0.717) is 12.1 Å². The second kappa shape index (κ2) is 6.59. The van der Waals surface area contributed by atoms with Crippen LogP contribution in [-0.2, 0) is 6.42 Å². The molecule has 1 atom stereocenters. The predicted octanol–water partition coefficient (Wildman–Crippen LogP) is 3.01. The summed E-state index contributed by atoms with van der Waals surface area (Å²) >= 11 is 0. The van der Waals surface area contributed by atoms with Crippen molar-refractivity contribution in [1.29, 1.82) is 0 Å².